The van der Waals surface area contributed by atoms with Gasteiger partial charge in [0.15, 0.2) is 0 Å². The lowest BCUT2D eigenvalue weighted by atomic mass is 10.1. The van der Waals surface area contributed by atoms with Crippen molar-refractivity contribution in [1.29, 1.82) is 0 Å². The number of halogens is 2. The molecule has 0 unspecified atom stereocenters. The minimum atomic E-state index is -0.223. The van der Waals surface area contributed by atoms with Crippen LogP contribution in [-0.2, 0) is 16.1 Å². The first-order valence-corrected chi connectivity index (χ1v) is 6.63. The van der Waals surface area contributed by atoms with Crippen molar-refractivity contribution in [3.63, 3.8) is 0 Å². The van der Waals surface area contributed by atoms with Crippen molar-refractivity contribution < 1.29 is 9.53 Å². The molecule has 1 aliphatic heterocycles. The fourth-order valence-corrected chi connectivity index (χ4v) is 2.41. The maximum Gasteiger partial charge on any atom is 0.323 e. The third-order valence-corrected chi connectivity index (χ3v) is 3.19. The smallest absolute Gasteiger partial charge is 0.323 e. The molecule has 6 heteroatoms. The lowest BCUT2D eigenvalue weighted by Gasteiger charge is -2.21. The van der Waals surface area contributed by atoms with Crippen molar-refractivity contribution in [3.8, 4) is 0 Å². The second-order valence-electron chi connectivity index (χ2n) is 4.23. The summed E-state index contributed by atoms with van der Waals surface area (Å²) in [5, 5.41) is 3.73. The van der Waals surface area contributed by atoms with Crippen LogP contribution >= 0.6 is 23.2 Å². The summed E-state index contributed by atoms with van der Waals surface area (Å²) in [7, 11) is 0. The molecule has 1 aromatic rings. The highest BCUT2D eigenvalue weighted by Crippen LogP contribution is 2.16. The van der Waals surface area contributed by atoms with E-state index in [-0.39, 0.29) is 18.6 Å². The summed E-state index contributed by atoms with van der Waals surface area (Å²) in [6.45, 7) is 1.03. The number of carbonyl (C=O) groups excluding carboxylic acids is 1. The van der Waals surface area contributed by atoms with E-state index in [0.717, 1.165) is 31.4 Å². The standard InChI is InChI=1S/C12H14Cl2N2O2/c13-10-5-8(6-11(14)16-10)7-18-12(17)9-3-1-2-4-15-9/h5-6,9,15H,1-4,7H2/t9-/m0/s1. The Hall–Kier alpha value is -0.840. The molecule has 0 spiro atoms. The van der Waals surface area contributed by atoms with Crippen LogP contribution in [0, 0.1) is 0 Å². The molecule has 1 saturated heterocycles. The van der Waals surface area contributed by atoms with Gasteiger partial charge in [-0.2, -0.15) is 0 Å². The Kier molecular flexibility index (Phi) is 4.80. The van der Waals surface area contributed by atoms with Gasteiger partial charge in [-0.1, -0.05) is 29.6 Å². The molecule has 0 bridgehead atoms. The van der Waals surface area contributed by atoms with Gasteiger partial charge in [-0.25, -0.2) is 4.98 Å². The average Bonchev–Trinajstić information content (AvgIpc) is 2.36. The van der Waals surface area contributed by atoms with Gasteiger partial charge in [-0.15, -0.1) is 0 Å². The van der Waals surface area contributed by atoms with Crippen LogP contribution in [0.5, 0.6) is 0 Å². The first-order chi connectivity index (χ1) is 8.65. The van der Waals surface area contributed by atoms with Gasteiger partial charge < -0.3 is 10.1 Å². The van der Waals surface area contributed by atoms with Crippen LogP contribution in [0.2, 0.25) is 10.3 Å². The van der Waals surface area contributed by atoms with E-state index in [1.807, 2.05) is 0 Å². The molecule has 1 aromatic heterocycles. The maximum atomic E-state index is 11.8. The number of rotatable bonds is 3. The highest BCUT2D eigenvalue weighted by Gasteiger charge is 2.21. The van der Waals surface area contributed by atoms with Crippen LogP contribution in [-0.4, -0.2) is 23.5 Å². The Bertz CT molecular complexity index is 414. The van der Waals surface area contributed by atoms with Crippen LogP contribution in [0.4, 0.5) is 0 Å². The molecule has 1 N–H and O–H groups in total. The molecule has 4 nitrogen and oxygen atoms in total. The fraction of sp³-hybridized carbons (Fsp3) is 0.500. The highest BCUT2D eigenvalue weighted by molar-refractivity contribution is 6.32. The number of nitrogens with one attached hydrogen (secondary N) is 1. The number of pyridine rings is 1. The number of aromatic nitrogens is 1. The largest absolute Gasteiger partial charge is 0.460 e. The zero-order valence-corrected chi connectivity index (χ0v) is 11.3. The predicted octanol–water partition coefficient (Wildman–Crippen LogP) is 2.57. The van der Waals surface area contributed by atoms with E-state index in [4.69, 9.17) is 27.9 Å². The SMILES string of the molecule is O=C(OCc1cc(Cl)nc(Cl)c1)[C@@H]1CCCCN1. The lowest BCUT2D eigenvalue weighted by molar-refractivity contribution is -0.148. The van der Waals surface area contributed by atoms with E-state index >= 15 is 0 Å². The van der Waals surface area contributed by atoms with Gasteiger partial charge in [0.05, 0.1) is 0 Å². The van der Waals surface area contributed by atoms with Crippen molar-refractivity contribution >= 4 is 29.2 Å². The summed E-state index contributed by atoms with van der Waals surface area (Å²) in [6.07, 6.45) is 3.00. The van der Waals surface area contributed by atoms with E-state index in [2.05, 4.69) is 10.3 Å². The number of carbonyl (C=O) groups is 1. The molecule has 98 valence electrons. The molecule has 1 atom stereocenters. The number of hydrogen-bond donors (Lipinski definition) is 1. The van der Waals surface area contributed by atoms with Crippen LogP contribution in [0.3, 0.4) is 0 Å². The van der Waals surface area contributed by atoms with Gasteiger partial charge in [0, 0.05) is 0 Å². The number of hydrogen-bond acceptors (Lipinski definition) is 4. The molecule has 0 amide bonds. The van der Waals surface area contributed by atoms with Gasteiger partial charge in [0.2, 0.25) is 0 Å². The number of nitrogens with zero attached hydrogens (tertiary/aromatic N) is 1. The molecule has 18 heavy (non-hydrogen) atoms. The zero-order chi connectivity index (χ0) is 13.0. The van der Waals surface area contributed by atoms with Gasteiger partial charge in [0.25, 0.3) is 0 Å². The minimum Gasteiger partial charge on any atom is -0.460 e. The molecule has 2 rings (SSSR count). The lowest BCUT2D eigenvalue weighted by Crippen LogP contribution is -2.41. The van der Waals surface area contributed by atoms with Crippen LogP contribution in [0.15, 0.2) is 12.1 Å². The van der Waals surface area contributed by atoms with Crippen LogP contribution in [0.1, 0.15) is 24.8 Å². The Morgan fingerprint density at radius 1 is 1.39 bits per heavy atom. The molecule has 2 heterocycles. The molecule has 0 radical (unpaired) electrons. The second-order valence-corrected chi connectivity index (χ2v) is 5.01. The number of esters is 1. The average molecular weight is 289 g/mol. The normalized spacial score (nSPS) is 19.6. The first kappa shape index (κ1) is 13.6. The van der Waals surface area contributed by atoms with E-state index in [1.165, 1.54) is 0 Å². The van der Waals surface area contributed by atoms with Crippen molar-refractivity contribution in [1.82, 2.24) is 10.3 Å². The summed E-state index contributed by atoms with van der Waals surface area (Å²) in [4.78, 5) is 15.6. The van der Waals surface area contributed by atoms with E-state index in [1.54, 1.807) is 12.1 Å². The molecule has 1 fully saturated rings. The summed E-state index contributed by atoms with van der Waals surface area (Å²) < 4.78 is 5.23. The third kappa shape index (κ3) is 3.83. The molecule has 0 aromatic carbocycles. The highest BCUT2D eigenvalue weighted by atomic mass is 35.5. The quantitative estimate of drug-likeness (QED) is 0.686. The van der Waals surface area contributed by atoms with Gasteiger partial charge in [-0.3, -0.25) is 4.79 Å². The molecule has 0 aliphatic carbocycles. The molecule has 0 saturated carbocycles. The minimum absolute atomic E-state index is 0.166. The second kappa shape index (κ2) is 6.36. The summed E-state index contributed by atoms with van der Waals surface area (Å²) in [5.41, 5.74) is 0.740. The van der Waals surface area contributed by atoms with Crippen molar-refractivity contribution in [2.45, 2.75) is 31.9 Å². The fourth-order valence-electron chi connectivity index (χ4n) is 1.91. The molecular weight excluding hydrogens is 275 g/mol. The Balaban J connectivity index is 1.88. The summed E-state index contributed by atoms with van der Waals surface area (Å²) in [6, 6.07) is 3.08. The Morgan fingerprint density at radius 2 is 2.11 bits per heavy atom. The van der Waals surface area contributed by atoms with Gasteiger partial charge in [-0.05, 0) is 37.1 Å². The van der Waals surface area contributed by atoms with Crippen molar-refractivity contribution in [3.05, 3.63) is 28.0 Å². The van der Waals surface area contributed by atoms with Crippen molar-refractivity contribution in [2.75, 3.05) is 6.54 Å². The number of ether oxygens (including phenoxy) is 1. The summed E-state index contributed by atoms with van der Waals surface area (Å²) in [5.74, 6) is -0.223. The Labute approximate surface area is 116 Å². The van der Waals surface area contributed by atoms with Gasteiger partial charge >= 0.3 is 5.97 Å². The Morgan fingerprint density at radius 3 is 2.72 bits per heavy atom. The zero-order valence-electron chi connectivity index (χ0n) is 9.79. The van der Waals surface area contributed by atoms with E-state index in [0.29, 0.717) is 10.3 Å². The topological polar surface area (TPSA) is 51.2 Å². The van der Waals surface area contributed by atoms with Crippen molar-refractivity contribution in [2.24, 2.45) is 0 Å². The molecule has 1 aliphatic rings. The van der Waals surface area contributed by atoms with E-state index < -0.39 is 0 Å². The van der Waals surface area contributed by atoms with E-state index in [9.17, 15) is 4.79 Å². The van der Waals surface area contributed by atoms with Gasteiger partial charge in [0.1, 0.15) is 23.0 Å². The van der Waals surface area contributed by atoms with Crippen LogP contribution < -0.4 is 5.32 Å². The van der Waals surface area contributed by atoms with Crippen LogP contribution in [0.25, 0.3) is 0 Å². The number of piperidine rings is 1. The first-order valence-electron chi connectivity index (χ1n) is 5.87. The third-order valence-electron chi connectivity index (χ3n) is 2.80. The monoisotopic (exact) mass is 288 g/mol. The maximum absolute atomic E-state index is 11.8. The summed E-state index contributed by atoms with van der Waals surface area (Å²) >= 11 is 11.5. The predicted molar refractivity (Wildman–Crippen MR) is 69.7 cm³/mol. The molecular formula is C12H14Cl2N2O2.